The van der Waals surface area contributed by atoms with Gasteiger partial charge in [0.2, 0.25) is 5.91 Å². The first-order valence-corrected chi connectivity index (χ1v) is 8.17. The molecule has 1 aromatic heterocycles. The molecule has 0 radical (unpaired) electrons. The monoisotopic (exact) mass is 290 g/mol. The Balaban J connectivity index is 1.88. The van der Waals surface area contributed by atoms with Gasteiger partial charge < -0.3 is 10.1 Å². The molecule has 1 aromatic rings. The maximum atomic E-state index is 11.8. The lowest BCUT2D eigenvalue weighted by Crippen LogP contribution is -2.17. The van der Waals surface area contributed by atoms with Crippen LogP contribution < -0.4 is 10.1 Å². The molecule has 0 atom stereocenters. The van der Waals surface area contributed by atoms with Crippen LogP contribution in [0.5, 0.6) is 5.75 Å². The molecule has 1 heterocycles. The van der Waals surface area contributed by atoms with Gasteiger partial charge in [0.1, 0.15) is 0 Å². The molecule has 0 aliphatic heterocycles. The second-order valence-electron chi connectivity index (χ2n) is 5.82. The van der Waals surface area contributed by atoms with Gasteiger partial charge in [0.15, 0.2) is 11.6 Å². The predicted molar refractivity (Wildman–Crippen MR) is 84.5 cm³/mol. The molecule has 116 valence electrons. The molecular weight excluding hydrogens is 264 g/mol. The number of hydrogen-bond acceptors (Lipinski definition) is 3. The van der Waals surface area contributed by atoms with Gasteiger partial charge in [0.05, 0.1) is 6.61 Å². The molecule has 1 amide bonds. The van der Waals surface area contributed by atoms with E-state index in [0.717, 1.165) is 19.4 Å². The number of nitrogens with one attached hydrogen (secondary N) is 1. The molecule has 0 spiro atoms. The summed E-state index contributed by atoms with van der Waals surface area (Å²) >= 11 is 0. The van der Waals surface area contributed by atoms with E-state index in [2.05, 4.69) is 17.2 Å². The zero-order valence-corrected chi connectivity index (χ0v) is 12.9. The molecule has 0 bridgehead atoms. The van der Waals surface area contributed by atoms with Crippen LogP contribution in [0.25, 0.3) is 0 Å². The predicted octanol–water partition coefficient (Wildman–Crippen LogP) is 4.17. The Morgan fingerprint density at radius 1 is 1.38 bits per heavy atom. The van der Waals surface area contributed by atoms with Gasteiger partial charge in [0, 0.05) is 12.6 Å². The van der Waals surface area contributed by atoms with E-state index in [1.807, 2.05) is 12.1 Å². The van der Waals surface area contributed by atoms with Crippen LogP contribution in [0.2, 0.25) is 0 Å². The fourth-order valence-corrected chi connectivity index (χ4v) is 2.69. The zero-order valence-electron chi connectivity index (χ0n) is 12.9. The topological polar surface area (TPSA) is 51.2 Å². The summed E-state index contributed by atoms with van der Waals surface area (Å²) in [6.45, 7) is 2.80. The van der Waals surface area contributed by atoms with Crippen molar-refractivity contribution in [3.8, 4) is 5.75 Å². The number of unbranched alkanes of at least 4 members (excludes halogenated alkanes) is 1. The highest BCUT2D eigenvalue weighted by Gasteiger charge is 2.15. The van der Waals surface area contributed by atoms with Crippen LogP contribution in [-0.4, -0.2) is 17.5 Å². The van der Waals surface area contributed by atoms with E-state index < -0.39 is 0 Å². The number of hydrogen-bond donors (Lipinski definition) is 1. The van der Waals surface area contributed by atoms with Crippen LogP contribution in [-0.2, 0) is 4.79 Å². The van der Waals surface area contributed by atoms with E-state index in [1.54, 1.807) is 6.20 Å². The Bertz CT molecular complexity index is 442. The molecule has 1 N–H and O–H groups in total. The summed E-state index contributed by atoms with van der Waals surface area (Å²) in [5.74, 6) is 1.89. The Labute approximate surface area is 127 Å². The standard InChI is InChI=1S/C17H26N2O2/c1-2-3-11-16(20)19-17-15(10-7-12-18-17)21-13-14-8-5-4-6-9-14/h7,10,12,14H,2-6,8-9,11,13H2,1H3,(H,18,19,20). The van der Waals surface area contributed by atoms with Crippen molar-refractivity contribution in [2.24, 2.45) is 5.92 Å². The van der Waals surface area contributed by atoms with Gasteiger partial charge in [-0.15, -0.1) is 0 Å². The van der Waals surface area contributed by atoms with Gasteiger partial charge in [-0.2, -0.15) is 0 Å². The van der Waals surface area contributed by atoms with Gasteiger partial charge >= 0.3 is 0 Å². The van der Waals surface area contributed by atoms with Crippen LogP contribution in [0.3, 0.4) is 0 Å². The number of anilines is 1. The van der Waals surface area contributed by atoms with Crippen molar-refractivity contribution in [2.75, 3.05) is 11.9 Å². The lowest BCUT2D eigenvalue weighted by atomic mass is 9.90. The van der Waals surface area contributed by atoms with Crippen LogP contribution in [0.15, 0.2) is 18.3 Å². The summed E-state index contributed by atoms with van der Waals surface area (Å²) in [6, 6.07) is 3.73. The van der Waals surface area contributed by atoms with Gasteiger partial charge in [-0.3, -0.25) is 4.79 Å². The fraction of sp³-hybridized carbons (Fsp3) is 0.647. The number of nitrogens with zero attached hydrogens (tertiary/aromatic N) is 1. The largest absolute Gasteiger partial charge is 0.489 e. The summed E-state index contributed by atoms with van der Waals surface area (Å²) < 4.78 is 5.90. The molecule has 1 aliphatic carbocycles. The normalized spacial score (nSPS) is 15.7. The van der Waals surface area contributed by atoms with Crippen molar-refractivity contribution in [1.82, 2.24) is 4.98 Å². The third-order valence-electron chi connectivity index (χ3n) is 3.99. The molecule has 4 heteroatoms. The first-order valence-electron chi connectivity index (χ1n) is 8.17. The lowest BCUT2D eigenvalue weighted by Gasteiger charge is -2.22. The molecule has 1 aliphatic rings. The quantitative estimate of drug-likeness (QED) is 0.820. The molecule has 2 rings (SSSR count). The Morgan fingerprint density at radius 3 is 2.95 bits per heavy atom. The molecule has 21 heavy (non-hydrogen) atoms. The molecule has 4 nitrogen and oxygen atoms in total. The van der Waals surface area contributed by atoms with Crippen LogP contribution in [0.4, 0.5) is 5.82 Å². The fourth-order valence-electron chi connectivity index (χ4n) is 2.69. The number of amides is 1. The SMILES string of the molecule is CCCCC(=O)Nc1ncccc1OCC1CCCCC1. The van der Waals surface area contributed by atoms with E-state index in [1.165, 1.54) is 32.1 Å². The van der Waals surface area contributed by atoms with Gasteiger partial charge in [-0.1, -0.05) is 32.6 Å². The molecule has 0 aromatic carbocycles. The van der Waals surface area contributed by atoms with Gasteiger partial charge in [-0.25, -0.2) is 4.98 Å². The second-order valence-corrected chi connectivity index (χ2v) is 5.82. The highest BCUT2D eigenvalue weighted by Crippen LogP contribution is 2.27. The summed E-state index contributed by atoms with van der Waals surface area (Å²) in [5, 5.41) is 2.86. The van der Waals surface area contributed by atoms with E-state index >= 15 is 0 Å². The van der Waals surface area contributed by atoms with E-state index in [-0.39, 0.29) is 5.91 Å². The lowest BCUT2D eigenvalue weighted by molar-refractivity contribution is -0.116. The van der Waals surface area contributed by atoms with Crippen molar-refractivity contribution in [3.63, 3.8) is 0 Å². The molecular formula is C17H26N2O2. The number of rotatable bonds is 7. The molecule has 0 saturated heterocycles. The average Bonchev–Trinajstić information content (AvgIpc) is 2.53. The number of aromatic nitrogens is 1. The Hall–Kier alpha value is -1.58. The molecule has 1 saturated carbocycles. The third-order valence-corrected chi connectivity index (χ3v) is 3.99. The van der Waals surface area contributed by atoms with Crippen molar-refractivity contribution < 1.29 is 9.53 Å². The van der Waals surface area contributed by atoms with E-state index in [0.29, 0.717) is 23.9 Å². The van der Waals surface area contributed by atoms with Gasteiger partial charge in [0.25, 0.3) is 0 Å². The summed E-state index contributed by atoms with van der Waals surface area (Å²) in [6.07, 6.45) is 10.6. The minimum atomic E-state index is 0.0121. The number of pyridine rings is 1. The van der Waals surface area contributed by atoms with Crippen molar-refractivity contribution in [1.29, 1.82) is 0 Å². The summed E-state index contributed by atoms with van der Waals surface area (Å²) in [4.78, 5) is 16.1. The summed E-state index contributed by atoms with van der Waals surface area (Å²) in [5.41, 5.74) is 0. The number of carbonyl (C=O) groups excluding carboxylic acids is 1. The van der Waals surface area contributed by atoms with Crippen LogP contribution >= 0.6 is 0 Å². The molecule has 1 fully saturated rings. The first kappa shape index (κ1) is 15.8. The van der Waals surface area contributed by atoms with Gasteiger partial charge in [-0.05, 0) is 37.3 Å². The highest BCUT2D eigenvalue weighted by molar-refractivity contribution is 5.90. The smallest absolute Gasteiger partial charge is 0.225 e. The maximum Gasteiger partial charge on any atom is 0.225 e. The third kappa shape index (κ3) is 5.37. The van der Waals surface area contributed by atoms with Crippen molar-refractivity contribution in [3.05, 3.63) is 18.3 Å². The van der Waals surface area contributed by atoms with Crippen LogP contribution in [0, 0.1) is 5.92 Å². The van der Waals surface area contributed by atoms with Crippen molar-refractivity contribution >= 4 is 11.7 Å². The molecule has 0 unspecified atom stereocenters. The number of carbonyl (C=O) groups is 1. The average molecular weight is 290 g/mol. The zero-order chi connectivity index (χ0) is 14.9. The summed E-state index contributed by atoms with van der Waals surface area (Å²) in [7, 11) is 0. The maximum absolute atomic E-state index is 11.8. The minimum absolute atomic E-state index is 0.0121. The first-order chi connectivity index (χ1) is 10.3. The highest BCUT2D eigenvalue weighted by atomic mass is 16.5. The Kier molecular flexibility index (Phi) is 6.51. The van der Waals surface area contributed by atoms with E-state index in [9.17, 15) is 4.79 Å². The minimum Gasteiger partial charge on any atom is -0.489 e. The Morgan fingerprint density at radius 2 is 2.19 bits per heavy atom. The van der Waals surface area contributed by atoms with Crippen molar-refractivity contribution in [2.45, 2.75) is 58.3 Å². The van der Waals surface area contributed by atoms with E-state index in [4.69, 9.17) is 4.74 Å². The van der Waals surface area contributed by atoms with Crippen LogP contribution in [0.1, 0.15) is 58.3 Å². The second kappa shape index (κ2) is 8.65. The number of ether oxygens (including phenoxy) is 1.